The fraction of sp³-hybridized carbons (Fsp3) is 0.118. The van der Waals surface area contributed by atoms with Gasteiger partial charge in [0.05, 0.1) is 0 Å². The van der Waals surface area contributed by atoms with Crippen LogP contribution in [0.2, 0.25) is 0 Å². The fourth-order valence-corrected chi connectivity index (χ4v) is 1.86. The van der Waals surface area contributed by atoms with Gasteiger partial charge in [0.2, 0.25) is 0 Å². The predicted molar refractivity (Wildman–Crippen MR) is 82.2 cm³/mol. The molecule has 5 heteroatoms. The molecule has 0 saturated heterocycles. The van der Waals surface area contributed by atoms with Crippen molar-refractivity contribution in [3.05, 3.63) is 59.7 Å². The lowest BCUT2D eigenvalue weighted by molar-refractivity contribution is -0.131. The van der Waals surface area contributed by atoms with E-state index in [0.29, 0.717) is 22.6 Å². The monoisotopic (exact) mass is 297 g/mol. The van der Waals surface area contributed by atoms with Crippen LogP contribution in [0.3, 0.4) is 0 Å². The number of carbonyl (C=O) groups is 3. The lowest BCUT2D eigenvalue weighted by Gasteiger charge is -2.07. The molecule has 112 valence electrons. The maximum absolute atomic E-state index is 12.1. The zero-order valence-corrected chi connectivity index (χ0v) is 12.3. The second-order valence-corrected chi connectivity index (χ2v) is 4.71. The average Bonchev–Trinajstić information content (AvgIpc) is 2.47. The van der Waals surface area contributed by atoms with Crippen molar-refractivity contribution in [2.75, 3.05) is 5.32 Å². The van der Waals surface area contributed by atoms with E-state index >= 15 is 0 Å². The number of ether oxygens (including phenoxy) is 1. The number of ketones is 1. The lowest BCUT2D eigenvalue weighted by Crippen LogP contribution is -2.12. The van der Waals surface area contributed by atoms with Crippen LogP contribution < -0.4 is 10.1 Å². The van der Waals surface area contributed by atoms with Crippen molar-refractivity contribution < 1.29 is 19.1 Å². The van der Waals surface area contributed by atoms with E-state index in [2.05, 4.69) is 5.32 Å². The van der Waals surface area contributed by atoms with Crippen molar-refractivity contribution in [3.63, 3.8) is 0 Å². The van der Waals surface area contributed by atoms with Gasteiger partial charge in [-0.1, -0.05) is 12.1 Å². The van der Waals surface area contributed by atoms with E-state index in [1.54, 1.807) is 48.5 Å². The van der Waals surface area contributed by atoms with Gasteiger partial charge in [-0.3, -0.25) is 14.4 Å². The van der Waals surface area contributed by atoms with Gasteiger partial charge in [-0.15, -0.1) is 0 Å². The molecule has 0 bridgehead atoms. The van der Waals surface area contributed by atoms with Gasteiger partial charge in [-0.05, 0) is 43.3 Å². The SMILES string of the molecule is CC(=O)Oc1ccc(C(=O)Nc2cccc(C(C)=O)c2)cc1. The molecule has 0 saturated carbocycles. The third kappa shape index (κ3) is 4.02. The molecule has 1 N–H and O–H groups in total. The van der Waals surface area contributed by atoms with E-state index < -0.39 is 5.97 Å². The highest BCUT2D eigenvalue weighted by atomic mass is 16.5. The fourth-order valence-electron chi connectivity index (χ4n) is 1.86. The Morgan fingerprint density at radius 3 is 2.18 bits per heavy atom. The Morgan fingerprint density at radius 1 is 0.909 bits per heavy atom. The Balaban J connectivity index is 2.10. The zero-order chi connectivity index (χ0) is 16.1. The maximum Gasteiger partial charge on any atom is 0.308 e. The first kappa shape index (κ1) is 15.4. The molecule has 2 aromatic carbocycles. The smallest absolute Gasteiger partial charge is 0.308 e. The molecule has 1 amide bonds. The minimum atomic E-state index is -0.418. The van der Waals surface area contributed by atoms with Crippen molar-refractivity contribution >= 4 is 23.3 Å². The van der Waals surface area contributed by atoms with Gasteiger partial charge in [0.1, 0.15) is 5.75 Å². The van der Waals surface area contributed by atoms with Crippen molar-refractivity contribution in [1.29, 1.82) is 0 Å². The van der Waals surface area contributed by atoms with Gasteiger partial charge in [-0.25, -0.2) is 0 Å². The molecule has 0 aliphatic rings. The number of nitrogens with one attached hydrogen (secondary N) is 1. The molecule has 22 heavy (non-hydrogen) atoms. The molecule has 0 spiro atoms. The third-order valence-electron chi connectivity index (χ3n) is 2.91. The number of hydrogen-bond donors (Lipinski definition) is 1. The Bertz CT molecular complexity index is 720. The summed E-state index contributed by atoms with van der Waals surface area (Å²) in [6, 6.07) is 12.9. The summed E-state index contributed by atoms with van der Waals surface area (Å²) in [5.74, 6) is -0.419. The van der Waals surface area contributed by atoms with E-state index in [9.17, 15) is 14.4 Å². The standard InChI is InChI=1S/C17H15NO4/c1-11(19)14-4-3-5-15(10-14)18-17(21)13-6-8-16(9-7-13)22-12(2)20/h3-10H,1-2H3,(H,18,21). The largest absolute Gasteiger partial charge is 0.427 e. The number of hydrogen-bond acceptors (Lipinski definition) is 4. The van der Waals surface area contributed by atoms with E-state index in [4.69, 9.17) is 4.74 Å². The van der Waals surface area contributed by atoms with Gasteiger partial charge in [0.25, 0.3) is 5.91 Å². The quantitative estimate of drug-likeness (QED) is 0.535. The number of Topliss-reactive ketones (excluding diaryl/α,β-unsaturated/α-hetero) is 1. The van der Waals surface area contributed by atoms with Crippen LogP contribution in [0.5, 0.6) is 5.75 Å². The molecule has 0 aliphatic heterocycles. The molecule has 0 unspecified atom stereocenters. The van der Waals surface area contributed by atoms with Gasteiger partial charge in [-0.2, -0.15) is 0 Å². The molecule has 0 aliphatic carbocycles. The number of esters is 1. The van der Waals surface area contributed by atoms with E-state index in [-0.39, 0.29) is 11.7 Å². The first-order chi connectivity index (χ1) is 10.5. The van der Waals surface area contributed by atoms with Crippen molar-refractivity contribution in [2.24, 2.45) is 0 Å². The summed E-state index contributed by atoms with van der Waals surface area (Å²) in [4.78, 5) is 34.3. The summed E-state index contributed by atoms with van der Waals surface area (Å²) in [6.45, 7) is 2.78. The van der Waals surface area contributed by atoms with E-state index in [1.807, 2.05) is 0 Å². The number of rotatable bonds is 4. The molecule has 0 aromatic heterocycles. The summed E-state index contributed by atoms with van der Waals surface area (Å²) in [7, 11) is 0. The number of benzene rings is 2. The van der Waals surface area contributed by atoms with Crippen LogP contribution in [0.1, 0.15) is 34.6 Å². The summed E-state index contributed by atoms with van der Waals surface area (Å²) >= 11 is 0. The first-order valence-electron chi connectivity index (χ1n) is 6.66. The van der Waals surface area contributed by atoms with Gasteiger partial charge >= 0.3 is 5.97 Å². The van der Waals surface area contributed by atoms with Gasteiger partial charge in [0.15, 0.2) is 5.78 Å². The van der Waals surface area contributed by atoms with Crippen molar-refractivity contribution in [2.45, 2.75) is 13.8 Å². The summed E-state index contributed by atoms with van der Waals surface area (Å²) in [5.41, 5.74) is 1.49. The Labute approximate surface area is 127 Å². The number of anilines is 1. The maximum atomic E-state index is 12.1. The third-order valence-corrected chi connectivity index (χ3v) is 2.91. The Kier molecular flexibility index (Phi) is 4.68. The molecule has 2 aromatic rings. The Hall–Kier alpha value is -2.95. The zero-order valence-electron chi connectivity index (χ0n) is 12.3. The average molecular weight is 297 g/mol. The van der Waals surface area contributed by atoms with Gasteiger partial charge in [0, 0.05) is 23.7 Å². The van der Waals surface area contributed by atoms with Crippen LogP contribution in [0.4, 0.5) is 5.69 Å². The molecule has 0 atom stereocenters. The number of carbonyl (C=O) groups excluding carboxylic acids is 3. The molecule has 5 nitrogen and oxygen atoms in total. The second-order valence-electron chi connectivity index (χ2n) is 4.71. The molecule has 2 rings (SSSR count). The van der Waals surface area contributed by atoms with Crippen molar-refractivity contribution in [1.82, 2.24) is 0 Å². The molecule has 0 radical (unpaired) electrons. The van der Waals surface area contributed by atoms with E-state index in [0.717, 1.165) is 0 Å². The highest BCUT2D eigenvalue weighted by Crippen LogP contribution is 2.15. The van der Waals surface area contributed by atoms with Crippen LogP contribution in [0.15, 0.2) is 48.5 Å². The molecular weight excluding hydrogens is 282 g/mol. The van der Waals surface area contributed by atoms with Crippen molar-refractivity contribution in [3.8, 4) is 5.75 Å². The van der Waals surface area contributed by atoms with Crippen LogP contribution >= 0.6 is 0 Å². The Morgan fingerprint density at radius 2 is 1.59 bits per heavy atom. The second kappa shape index (κ2) is 6.67. The van der Waals surface area contributed by atoms with E-state index in [1.165, 1.54) is 13.8 Å². The van der Waals surface area contributed by atoms with Crippen LogP contribution in [-0.4, -0.2) is 17.7 Å². The highest BCUT2D eigenvalue weighted by Gasteiger charge is 2.08. The predicted octanol–water partition coefficient (Wildman–Crippen LogP) is 3.07. The number of amides is 1. The molecule has 0 heterocycles. The highest BCUT2D eigenvalue weighted by molar-refractivity contribution is 6.05. The van der Waals surface area contributed by atoms with Crippen LogP contribution in [-0.2, 0) is 4.79 Å². The summed E-state index contributed by atoms with van der Waals surface area (Å²) < 4.78 is 4.90. The summed E-state index contributed by atoms with van der Waals surface area (Å²) in [6.07, 6.45) is 0. The minimum Gasteiger partial charge on any atom is -0.427 e. The lowest BCUT2D eigenvalue weighted by atomic mass is 10.1. The minimum absolute atomic E-state index is 0.0677. The summed E-state index contributed by atoms with van der Waals surface area (Å²) in [5, 5.41) is 2.71. The first-order valence-corrected chi connectivity index (χ1v) is 6.66. The molecular formula is C17H15NO4. The van der Waals surface area contributed by atoms with Gasteiger partial charge < -0.3 is 10.1 Å². The topological polar surface area (TPSA) is 72.5 Å². The van der Waals surface area contributed by atoms with Crippen LogP contribution in [0, 0.1) is 0 Å². The molecule has 0 fully saturated rings. The normalized spacial score (nSPS) is 9.91. The van der Waals surface area contributed by atoms with Crippen LogP contribution in [0.25, 0.3) is 0 Å².